The average Bonchev–Trinajstić information content (AvgIpc) is 2.59. The molecule has 1 aromatic rings. The Morgan fingerprint density at radius 1 is 1.62 bits per heavy atom. The Bertz CT molecular complexity index is 354. The van der Waals surface area contributed by atoms with Crippen molar-refractivity contribution in [2.45, 2.75) is 26.2 Å². The smallest absolute Gasteiger partial charge is 0.188 e. The van der Waals surface area contributed by atoms with Gasteiger partial charge in [-0.15, -0.1) is 0 Å². The molecule has 72 valence electrons. The molecule has 3 nitrogen and oxygen atoms in total. The number of hydrogen-bond donors (Lipinski definition) is 1. The highest BCUT2D eigenvalue weighted by Crippen LogP contribution is 2.58. The molecular formula is C9H14FN3. The lowest BCUT2D eigenvalue weighted by Gasteiger charge is -1.98. The molecule has 4 heteroatoms. The van der Waals surface area contributed by atoms with E-state index in [0.717, 1.165) is 6.42 Å². The van der Waals surface area contributed by atoms with Crippen LogP contribution in [0, 0.1) is 11.2 Å². The monoisotopic (exact) mass is 183 g/mol. The second-order valence-electron chi connectivity index (χ2n) is 4.45. The van der Waals surface area contributed by atoms with Crippen LogP contribution in [0.15, 0.2) is 0 Å². The topological polar surface area (TPSA) is 43.8 Å². The predicted molar refractivity (Wildman–Crippen MR) is 48.7 cm³/mol. The second kappa shape index (κ2) is 2.25. The van der Waals surface area contributed by atoms with Crippen molar-refractivity contribution in [3.8, 4) is 0 Å². The third-order valence-electron chi connectivity index (χ3n) is 2.90. The van der Waals surface area contributed by atoms with Gasteiger partial charge in [0, 0.05) is 13.0 Å². The molecule has 1 unspecified atom stereocenters. The van der Waals surface area contributed by atoms with Crippen LogP contribution in [0.25, 0.3) is 0 Å². The summed E-state index contributed by atoms with van der Waals surface area (Å²) in [5.74, 6) is 0.0479. The van der Waals surface area contributed by atoms with Crippen LogP contribution in [0.1, 0.15) is 31.9 Å². The molecular weight excluding hydrogens is 169 g/mol. The van der Waals surface area contributed by atoms with Crippen molar-refractivity contribution >= 4 is 5.82 Å². The van der Waals surface area contributed by atoms with Crippen molar-refractivity contribution in [2.24, 2.45) is 12.5 Å². The van der Waals surface area contributed by atoms with Gasteiger partial charge in [-0.1, -0.05) is 13.8 Å². The van der Waals surface area contributed by atoms with Crippen LogP contribution in [0.3, 0.4) is 0 Å². The van der Waals surface area contributed by atoms with Gasteiger partial charge in [-0.25, -0.2) is 4.39 Å². The van der Waals surface area contributed by atoms with E-state index in [1.54, 1.807) is 7.05 Å². The molecule has 0 spiro atoms. The summed E-state index contributed by atoms with van der Waals surface area (Å²) in [4.78, 5) is 0. The SMILES string of the molecule is Cn1nc(C2CC2(C)C)c(F)c1N. The molecule has 1 heterocycles. The standard InChI is InChI=1S/C9H14FN3/c1-9(2)4-5(9)7-6(10)8(11)13(3)12-7/h5H,4,11H2,1-3H3. The maximum Gasteiger partial charge on any atom is 0.188 e. The normalized spacial score (nSPS) is 24.8. The highest BCUT2D eigenvalue weighted by atomic mass is 19.1. The Kier molecular flexibility index (Phi) is 1.47. The molecule has 1 atom stereocenters. The van der Waals surface area contributed by atoms with E-state index in [0.29, 0.717) is 5.69 Å². The van der Waals surface area contributed by atoms with Gasteiger partial charge in [0.25, 0.3) is 0 Å². The summed E-state index contributed by atoms with van der Waals surface area (Å²) in [6, 6.07) is 0. The Hall–Kier alpha value is -1.06. The fraction of sp³-hybridized carbons (Fsp3) is 0.667. The van der Waals surface area contributed by atoms with E-state index in [-0.39, 0.29) is 23.0 Å². The van der Waals surface area contributed by atoms with Crippen molar-refractivity contribution in [3.05, 3.63) is 11.5 Å². The first-order valence-corrected chi connectivity index (χ1v) is 4.41. The molecule has 0 radical (unpaired) electrons. The number of anilines is 1. The Morgan fingerprint density at radius 2 is 2.15 bits per heavy atom. The van der Waals surface area contributed by atoms with Gasteiger partial charge < -0.3 is 5.73 Å². The zero-order chi connectivity index (χ0) is 9.80. The lowest BCUT2D eigenvalue weighted by Crippen LogP contribution is -1.98. The maximum absolute atomic E-state index is 13.4. The van der Waals surface area contributed by atoms with Crippen molar-refractivity contribution in [2.75, 3.05) is 5.73 Å². The first-order chi connectivity index (χ1) is 5.93. The predicted octanol–water partition coefficient (Wildman–Crippen LogP) is 1.65. The molecule has 0 amide bonds. The minimum Gasteiger partial charge on any atom is -0.381 e. The summed E-state index contributed by atoms with van der Waals surface area (Å²) in [6.45, 7) is 4.23. The number of nitrogens with two attached hydrogens (primary N) is 1. The van der Waals surface area contributed by atoms with Gasteiger partial charge in [0.05, 0.1) is 0 Å². The fourth-order valence-electron chi connectivity index (χ4n) is 1.69. The average molecular weight is 183 g/mol. The molecule has 2 rings (SSSR count). The number of rotatable bonds is 1. The van der Waals surface area contributed by atoms with Gasteiger partial charge in [-0.05, 0) is 11.8 Å². The Balaban J connectivity index is 2.38. The van der Waals surface area contributed by atoms with E-state index in [4.69, 9.17) is 5.73 Å². The maximum atomic E-state index is 13.4. The van der Waals surface area contributed by atoms with Crippen molar-refractivity contribution < 1.29 is 4.39 Å². The molecule has 0 aromatic carbocycles. The first kappa shape index (κ1) is 8.53. The molecule has 1 aromatic heterocycles. The summed E-state index contributed by atoms with van der Waals surface area (Å²) in [5, 5.41) is 4.08. The minimum atomic E-state index is -0.335. The van der Waals surface area contributed by atoms with Gasteiger partial charge in [0.1, 0.15) is 5.69 Å². The summed E-state index contributed by atoms with van der Waals surface area (Å²) in [5.41, 5.74) is 6.21. The number of hydrogen-bond acceptors (Lipinski definition) is 2. The highest BCUT2D eigenvalue weighted by Gasteiger charge is 2.49. The molecule has 2 N–H and O–H groups in total. The van der Waals surface area contributed by atoms with Crippen molar-refractivity contribution in [1.29, 1.82) is 0 Å². The first-order valence-electron chi connectivity index (χ1n) is 4.41. The number of halogens is 1. The van der Waals surface area contributed by atoms with Crippen LogP contribution < -0.4 is 5.73 Å². The third-order valence-corrected chi connectivity index (χ3v) is 2.90. The van der Waals surface area contributed by atoms with E-state index >= 15 is 0 Å². The van der Waals surface area contributed by atoms with Crippen LogP contribution >= 0.6 is 0 Å². The number of aryl methyl sites for hydroxylation is 1. The Labute approximate surface area is 76.7 Å². The molecule has 1 saturated carbocycles. The number of nitrogen functional groups attached to an aromatic ring is 1. The third kappa shape index (κ3) is 1.12. The quantitative estimate of drug-likeness (QED) is 0.719. The van der Waals surface area contributed by atoms with E-state index in [9.17, 15) is 4.39 Å². The summed E-state index contributed by atoms with van der Waals surface area (Å²) in [7, 11) is 1.66. The van der Waals surface area contributed by atoms with E-state index < -0.39 is 0 Å². The van der Waals surface area contributed by atoms with Crippen LogP contribution in [0.5, 0.6) is 0 Å². The van der Waals surface area contributed by atoms with E-state index in [1.165, 1.54) is 4.68 Å². The minimum absolute atomic E-state index is 0.137. The van der Waals surface area contributed by atoms with Gasteiger partial charge in [-0.3, -0.25) is 4.68 Å². The zero-order valence-electron chi connectivity index (χ0n) is 8.13. The van der Waals surface area contributed by atoms with Crippen LogP contribution in [0.2, 0.25) is 0 Å². The van der Waals surface area contributed by atoms with E-state index in [2.05, 4.69) is 18.9 Å². The van der Waals surface area contributed by atoms with Gasteiger partial charge >= 0.3 is 0 Å². The second-order valence-corrected chi connectivity index (χ2v) is 4.45. The summed E-state index contributed by atoms with van der Waals surface area (Å²) < 4.78 is 14.9. The number of aromatic nitrogens is 2. The lowest BCUT2D eigenvalue weighted by molar-refractivity contribution is 0.574. The zero-order valence-corrected chi connectivity index (χ0v) is 8.13. The van der Waals surface area contributed by atoms with Crippen molar-refractivity contribution in [3.63, 3.8) is 0 Å². The van der Waals surface area contributed by atoms with Crippen molar-refractivity contribution in [1.82, 2.24) is 9.78 Å². The molecule has 0 bridgehead atoms. The molecule has 1 aliphatic carbocycles. The molecule has 0 aliphatic heterocycles. The van der Waals surface area contributed by atoms with Crippen LogP contribution in [0.4, 0.5) is 10.2 Å². The molecule has 1 fully saturated rings. The molecule has 13 heavy (non-hydrogen) atoms. The van der Waals surface area contributed by atoms with Gasteiger partial charge in [-0.2, -0.15) is 5.10 Å². The fourth-order valence-corrected chi connectivity index (χ4v) is 1.69. The molecule has 0 saturated heterocycles. The molecule has 1 aliphatic rings. The summed E-state index contributed by atoms with van der Waals surface area (Å²) >= 11 is 0. The number of nitrogens with zero attached hydrogens (tertiary/aromatic N) is 2. The lowest BCUT2D eigenvalue weighted by atomic mass is 10.1. The van der Waals surface area contributed by atoms with Gasteiger partial charge in [0.2, 0.25) is 0 Å². The summed E-state index contributed by atoms with van der Waals surface area (Å²) in [6.07, 6.45) is 1.00. The van der Waals surface area contributed by atoms with Crippen LogP contribution in [-0.4, -0.2) is 9.78 Å². The Morgan fingerprint density at radius 3 is 2.46 bits per heavy atom. The van der Waals surface area contributed by atoms with Gasteiger partial charge in [0.15, 0.2) is 11.6 Å². The highest BCUT2D eigenvalue weighted by molar-refractivity contribution is 5.37. The van der Waals surface area contributed by atoms with Crippen LogP contribution in [-0.2, 0) is 7.05 Å². The largest absolute Gasteiger partial charge is 0.381 e. The van der Waals surface area contributed by atoms with E-state index in [1.807, 2.05) is 0 Å².